The largest absolute Gasteiger partial charge is 0.353 e. The van der Waals surface area contributed by atoms with Gasteiger partial charge in [0.05, 0.1) is 0 Å². The molecule has 4 rings (SSSR count). The van der Waals surface area contributed by atoms with Gasteiger partial charge in [-0.05, 0) is 75.7 Å². The van der Waals surface area contributed by atoms with Crippen LogP contribution in [0.3, 0.4) is 0 Å². The molecular weight excluding hydrogens is 224 g/mol. The quantitative estimate of drug-likeness (QED) is 0.801. The van der Waals surface area contributed by atoms with Crippen LogP contribution in [0.2, 0.25) is 0 Å². The minimum atomic E-state index is 0.236. The molecule has 1 unspecified atom stereocenters. The van der Waals surface area contributed by atoms with Crippen LogP contribution in [0.15, 0.2) is 0 Å². The number of hydrogen-bond acceptors (Lipinski definition) is 2. The molecule has 1 amide bonds. The fourth-order valence-corrected chi connectivity index (χ4v) is 5.01. The molecule has 0 aliphatic heterocycles. The van der Waals surface area contributed by atoms with Crippen LogP contribution in [-0.2, 0) is 4.79 Å². The predicted molar refractivity (Wildman–Crippen MR) is 71.8 cm³/mol. The van der Waals surface area contributed by atoms with Crippen LogP contribution >= 0.6 is 0 Å². The number of carbonyl (C=O) groups excluding carboxylic acids is 1. The van der Waals surface area contributed by atoms with E-state index in [1.807, 2.05) is 0 Å². The molecule has 4 bridgehead atoms. The summed E-state index contributed by atoms with van der Waals surface area (Å²) in [4.78, 5) is 12.5. The van der Waals surface area contributed by atoms with Gasteiger partial charge in [-0.1, -0.05) is 0 Å². The van der Waals surface area contributed by atoms with Crippen molar-refractivity contribution in [3.8, 4) is 0 Å². The van der Waals surface area contributed by atoms with E-state index in [4.69, 9.17) is 5.73 Å². The molecule has 4 aliphatic carbocycles. The molecule has 0 aromatic rings. The molecular formula is C15H26N2O. The zero-order valence-corrected chi connectivity index (χ0v) is 11.4. The van der Waals surface area contributed by atoms with E-state index in [0.29, 0.717) is 30.2 Å². The van der Waals surface area contributed by atoms with Crippen LogP contribution in [0.1, 0.15) is 45.4 Å². The molecule has 4 aliphatic rings. The molecule has 3 heteroatoms. The van der Waals surface area contributed by atoms with Gasteiger partial charge >= 0.3 is 0 Å². The fraction of sp³-hybridized carbons (Fsp3) is 0.933. The Morgan fingerprint density at radius 1 is 1.17 bits per heavy atom. The summed E-state index contributed by atoms with van der Waals surface area (Å²) in [7, 11) is 0. The highest BCUT2D eigenvalue weighted by molar-refractivity contribution is 5.80. The second kappa shape index (κ2) is 4.84. The second-order valence-corrected chi connectivity index (χ2v) is 6.94. The van der Waals surface area contributed by atoms with Crippen LogP contribution < -0.4 is 11.1 Å². The van der Waals surface area contributed by atoms with Gasteiger partial charge in [-0.2, -0.15) is 0 Å². The highest BCUT2D eigenvalue weighted by atomic mass is 16.2. The smallest absolute Gasteiger partial charge is 0.223 e. The number of rotatable bonds is 4. The first-order chi connectivity index (χ1) is 8.67. The van der Waals surface area contributed by atoms with Gasteiger partial charge in [0.25, 0.3) is 0 Å². The highest BCUT2D eigenvalue weighted by Gasteiger charge is 2.50. The van der Waals surface area contributed by atoms with Crippen molar-refractivity contribution in [3.05, 3.63) is 0 Å². The summed E-state index contributed by atoms with van der Waals surface area (Å²) in [5.41, 5.74) is 5.55. The molecule has 102 valence electrons. The number of hydrogen-bond donors (Lipinski definition) is 2. The lowest BCUT2D eigenvalue weighted by molar-refractivity contribution is -0.138. The maximum absolute atomic E-state index is 12.5. The lowest BCUT2D eigenvalue weighted by atomic mass is 9.51. The molecule has 0 spiro atoms. The Hall–Kier alpha value is -0.570. The maximum atomic E-state index is 12.5. The van der Waals surface area contributed by atoms with Gasteiger partial charge in [0.15, 0.2) is 0 Å². The first-order valence-electron chi connectivity index (χ1n) is 7.67. The van der Waals surface area contributed by atoms with E-state index in [9.17, 15) is 4.79 Å². The van der Waals surface area contributed by atoms with E-state index >= 15 is 0 Å². The number of carbonyl (C=O) groups is 1. The molecule has 0 heterocycles. The summed E-state index contributed by atoms with van der Waals surface area (Å²) in [5, 5.41) is 3.19. The van der Waals surface area contributed by atoms with E-state index in [2.05, 4.69) is 12.2 Å². The number of nitrogens with two attached hydrogens (primary N) is 1. The minimum Gasteiger partial charge on any atom is -0.353 e. The Balaban J connectivity index is 1.64. The van der Waals surface area contributed by atoms with Gasteiger partial charge in [0.1, 0.15) is 0 Å². The molecule has 18 heavy (non-hydrogen) atoms. The van der Waals surface area contributed by atoms with Crippen LogP contribution in [-0.4, -0.2) is 18.5 Å². The van der Waals surface area contributed by atoms with Crippen LogP contribution in [0.25, 0.3) is 0 Å². The zero-order chi connectivity index (χ0) is 12.7. The lowest BCUT2D eigenvalue weighted by Gasteiger charge is -2.53. The third-order valence-electron chi connectivity index (χ3n) is 5.52. The van der Waals surface area contributed by atoms with Crippen molar-refractivity contribution in [2.24, 2.45) is 35.3 Å². The predicted octanol–water partition coefficient (Wildman–Crippen LogP) is 1.91. The van der Waals surface area contributed by atoms with Crippen LogP contribution in [0, 0.1) is 29.6 Å². The Kier molecular flexibility index (Phi) is 3.35. The van der Waals surface area contributed by atoms with Gasteiger partial charge < -0.3 is 11.1 Å². The average Bonchev–Trinajstić information content (AvgIpc) is 2.27. The topological polar surface area (TPSA) is 55.1 Å². The van der Waals surface area contributed by atoms with Crippen molar-refractivity contribution in [1.29, 1.82) is 0 Å². The third kappa shape index (κ3) is 2.18. The van der Waals surface area contributed by atoms with Crippen molar-refractivity contribution in [2.45, 2.75) is 51.5 Å². The van der Waals surface area contributed by atoms with Gasteiger partial charge in [-0.3, -0.25) is 4.79 Å². The summed E-state index contributed by atoms with van der Waals surface area (Å²) < 4.78 is 0. The maximum Gasteiger partial charge on any atom is 0.223 e. The Morgan fingerprint density at radius 2 is 1.72 bits per heavy atom. The number of nitrogens with one attached hydrogen (secondary N) is 1. The van der Waals surface area contributed by atoms with E-state index in [-0.39, 0.29) is 6.04 Å². The fourth-order valence-electron chi connectivity index (χ4n) is 5.01. The number of amides is 1. The van der Waals surface area contributed by atoms with Crippen molar-refractivity contribution < 1.29 is 4.79 Å². The summed E-state index contributed by atoms with van der Waals surface area (Å²) >= 11 is 0. The SMILES string of the molecule is CC(CCN)NC(=O)C1C2CC3CC(C2)CC1C3. The standard InChI is InChI=1S/C15H26N2O/c1-9(2-3-16)17-15(18)14-12-5-10-4-11(7-12)8-13(14)6-10/h9-14H,2-8,16H2,1H3,(H,17,18). The average molecular weight is 250 g/mol. The molecule has 1 atom stereocenters. The van der Waals surface area contributed by atoms with E-state index < -0.39 is 0 Å². The van der Waals surface area contributed by atoms with Crippen LogP contribution in [0.5, 0.6) is 0 Å². The van der Waals surface area contributed by atoms with E-state index in [1.165, 1.54) is 32.1 Å². The summed E-state index contributed by atoms with van der Waals surface area (Å²) in [6.45, 7) is 2.73. The van der Waals surface area contributed by atoms with Crippen LogP contribution in [0.4, 0.5) is 0 Å². The first-order valence-corrected chi connectivity index (χ1v) is 7.67. The second-order valence-electron chi connectivity index (χ2n) is 6.94. The lowest BCUT2D eigenvalue weighted by Crippen LogP contribution is -2.52. The Bertz CT molecular complexity index is 300. The molecule has 4 fully saturated rings. The van der Waals surface area contributed by atoms with E-state index in [1.54, 1.807) is 0 Å². The monoisotopic (exact) mass is 250 g/mol. The minimum absolute atomic E-state index is 0.236. The molecule has 0 aromatic heterocycles. The van der Waals surface area contributed by atoms with Gasteiger partial charge in [0.2, 0.25) is 5.91 Å². The molecule has 3 N–H and O–H groups in total. The Morgan fingerprint density at radius 3 is 2.22 bits per heavy atom. The molecule has 4 saturated carbocycles. The molecule has 3 nitrogen and oxygen atoms in total. The molecule has 0 aromatic carbocycles. The van der Waals surface area contributed by atoms with Crippen molar-refractivity contribution in [2.75, 3.05) is 6.54 Å². The summed E-state index contributed by atoms with van der Waals surface area (Å²) in [5.74, 6) is 3.90. The van der Waals surface area contributed by atoms with Crippen molar-refractivity contribution >= 4 is 5.91 Å². The zero-order valence-electron chi connectivity index (χ0n) is 11.4. The molecule has 0 saturated heterocycles. The third-order valence-corrected chi connectivity index (χ3v) is 5.52. The van der Waals surface area contributed by atoms with Gasteiger partial charge in [-0.25, -0.2) is 0 Å². The normalized spacial score (nSPS) is 42.9. The van der Waals surface area contributed by atoms with Gasteiger partial charge in [0, 0.05) is 12.0 Å². The summed E-state index contributed by atoms with van der Waals surface area (Å²) in [6.07, 6.45) is 7.60. The highest BCUT2D eigenvalue weighted by Crippen LogP contribution is 2.56. The van der Waals surface area contributed by atoms with Gasteiger partial charge in [-0.15, -0.1) is 0 Å². The Labute approximate surface area is 110 Å². The molecule has 0 radical (unpaired) electrons. The van der Waals surface area contributed by atoms with E-state index in [0.717, 1.165) is 18.3 Å². The van der Waals surface area contributed by atoms with Crippen molar-refractivity contribution in [1.82, 2.24) is 5.32 Å². The summed E-state index contributed by atoms with van der Waals surface area (Å²) in [6, 6.07) is 0.236. The first kappa shape index (κ1) is 12.5. The van der Waals surface area contributed by atoms with Crippen molar-refractivity contribution in [3.63, 3.8) is 0 Å².